The molecule has 0 unspecified atom stereocenters. The van der Waals surface area contributed by atoms with Crippen molar-refractivity contribution in [3.8, 4) is 23.0 Å². The molecule has 6 heteroatoms. The largest absolute Gasteiger partial charge is 0.497 e. The molecule has 0 spiro atoms. The van der Waals surface area contributed by atoms with Gasteiger partial charge in [-0.05, 0) is 155 Å². The number of methoxy groups -OCH3 is 4. The van der Waals surface area contributed by atoms with E-state index in [4.69, 9.17) is 18.9 Å². The first-order chi connectivity index (χ1) is 31.5. The minimum Gasteiger partial charge on any atom is -0.497 e. The summed E-state index contributed by atoms with van der Waals surface area (Å²) in [5.74, 6) is 3.27. The zero-order valence-corrected chi connectivity index (χ0v) is 36.5. The topological polar surface area (TPSA) is 43.4 Å². The van der Waals surface area contributed by atoms with Gasteiger partial charge in [-0.3, -0.25) is 0 Å². The van der Waals surface area contributed by atoms with Gasteiger partial charge in [0, 0.05) is 34.1 Å². The van der Waals surface area contributed by atoms with Gasteiger partial charge in [0.2, 0.25) is 0 Å². The normalized spacial score (nSPS) is 11.2. The van der Waals surface area contributed by atoms with E-state index in [-0.39, 0.29) is 0 Å². The van der Waals surface area contributed by atoms with E-state index in [0.717, 1.165) is 90.5 Å². The smallest absolute Gasteiger partial charge is 0.119 e. The van der Waals surface area contributed by atoms with Crippen molar-refractivity contribution in [2.75, 3.05) is 38.2 Å². The van der Waals surface area contributed by atoms with Crippen LogP contribution in [0.4, 0.5) is 34.1 Å². The average Bonchev–Trinajstić information content (AvgIpc) is 3.37. The Morgan fingerprint density at radius 1 is 0.219 bits per heavy atom. The SMILES string of the molecule is COc1ccc(N(c2ccc(C=Cc3ccc(C=Cc4ccc(C=Cc5ccc(N(c6ccc(OC)cc6)c6ccc(OC)cc6)cc5)cc4)cc3)cc2)c2ccc(OC)cc2)cc1. The Kier molecular flexibility index (Phi) is 13.6. The predicted octanol–water partition coefficient (Wildman–Crippen LogP) is 15.2. The van der Waals surface area contributed by atoms with Gasteiger partial charge >= 0.3 is 0 Å². The Hall–Kier alpha value is -8.22. The van der Waals surface area contributed by atoms with Crippen LogP contribution in [-0.2, 0) is 0 Å². The predicted molar refractivity (Wildman–Crippen MR) is 268 cm³/mol. The maximum Gasteiger partial charge on any atom is 0.119 e. The van der Waals surface area contributed by atoms with Gasteiger partial charge in [-0.15, -0.1) is 0 Å². The molecule has 8 rings (SSSR count). The van der Waals surface area contributed by atoms with Crippen molar-refractivity contribution in [2.24, 2.45) is 0 Å². The highest BCUT2D eigenvalue weighted by Crippen LogP contribution is 2.38. The van der Waals surface area contributed by atoms with E-state index in [9.17, 15) is 0 Å². The molecule has 8 aromatic rings. The molecule has 0 heterocycles. The summed E-state index contributed by atoms with van der Waals surface area (Å²) in [6, 6.07) is 66.7. The Morgan fingerprint density at radius 3 is 0.516 bits per heavy atom. The molecule has 6 nitrogen and oxygen atoms in total. The summed E-state index contributed by atoms with van der Waals surface area (Å²) in [5.41, 5.74) is 13.0. The van der Waals surface area contributed by atoms with Gasteiger partial charge in [-0.1, -0.05) is 109 Å². The molecule has 0 radical (unpaired) electrons. The van der Waals surface area contributed by atoms with Crippen LogP contribution < -0.4 is 28.7 Å². The maximum atomic E-state index is 5.40. The van der Waals surface area contributed by atoms with Crippen molar-refractivity contribution in [1.29, 1.82) is 0 Å². The minimum absolute atomic E-state index is 0.818. The molecule has 0 aliphatic heterocycles. The number of rotatable bonds is 16. The van der Waals surface area contributed by atoms with E-state index in [1.54, 1.807) is 28.4 Å². The fourth-order valence-electron chi connectivity index (χ4n) is 7.30. The zero-order valence-electron chi connectivity index (χ0n) is 36.5. The molecule has 0 aliphatic rings. The summed E-state index contributed by atoms with van der Waals surface area (Å²) < 4.78 is 21.6. The van der Waals surface area contributed by atoms with Crippen molar-refractivity contribution in [1.82, 2.24) is 0 Å². The average molecular weight is 839 g/mol. The quantitative estimate of drug-likeness (QED) is 0.0903. The zero-order chi connectivity index (χ0) is 44.1. The number of ether oxygens (including phenoxy) is 4. The van der Waals surface area contributed by atoms with Crippen LogP contribution in [0.5, 0.6) is 23.0 Å². The van der Waals surface area contributed by atoms with Crippen molar-refractivity contribution < 1.29 is 18.9 Å². The highest BCUT2D eigenvalue weighted by molar-refractivity contribution is 5.81. The van der Waals surface area contributed by atoms with Gasteiger partial charge in [0.05, 0.1) is 28.4 Å². The first-order valence-corrected chi connectivity index (χ1v) is 21.1. The standard InChI is InChI=1S/C58H50N2O4/c1-61-55-35-27-51(28-36-55)59(52-29-37-56(62-2)38-30-52)49-23-19-47(20-24-49)17-15-45-11-7-43(8-12-45)5-6-44-9-13-46(14-10-44)16-18-48-21-25-50(26-22-48)60(53-31-39-57(63-3)40-32-53)54-33-41-58(64-4)42-34-54/h5-42H,1-4H3. The Bertz CT molecular complexity index is 2500. The molecular weight excluding hydrogens is 789 g/mol. The second-order valence-electron chi connectivity index (χ2n) is 15.0. The van der Waals surface area contributed by atoms with Crippen LogP contribution in [0.2, 0.25) is 0 Å². The third-order valence-corrected chi connectivity index (χ3v) is 10.9. The monoisotopic (exact) mass is 838 g/mol. The van der Waals surface area contributed by atoms with E-state index in [0.29, 0.717) is 0 Å². The van der Waals surface area contributed by atoms with Gasteiger partial charge in [-0.2, -0.15) is 0 Å². The number of nitrogens with zero attached hydrogens (tertiary/aromatic N) is 2. The van der Waals surface area contributed by atoms with Gasteiger partial charge in [0.1, 0.15) is 23.0 Å². The molecule has 0 aliphatic carbocycles. The van der Waals surface area contributed by atoms with Crippen molar-refractivity contribution >= 4 is 70.6 Å². The molecule has 0 atom stereocenters. The first-order valence-electron chi connectivity index (χ1n) is 21.1. The van der Waals surface area contributed by atoms with Gasteiger partial charge in [-0.25, -0.2) is 0 Å². The van der Waals surface area contributed by atoms with Crippen molar-refractivity contribution in [3.05, 3.63) is 228 Å². The van der Waals surface area contributed by atoms with Crippen LogP contribution in [0.3, 0.4) is 0 Å². The summed E-state index contributed by atoms with van der Waals surface area (Å²) in [7, 11) is 6.72. The number of anilines is 6. The molecule has 0 amide bonds. The molecule has 8 aromatic carbocycles. The third kappa shape index (κ3) is 10.6. The van der Waals surface area contributed by atoms with Crippen LogP contribution in [0.25, 0.3) is 36.5 Å². The molecule has 0 fully saturated rings. The van der Waals surface area contributed by atoms with Crippen LogP contribution in [-0.4, -0.2) is 28.4 Å². The van der Waals surface area contributed by atoms with Crippen molar-refractivity contribution in [2.45, 2.75) is 0 Å². The fraction of sp³-hybridized carbons (Fsp3) is 0.0690. The molecule has 64 heavy (non-hydrogen) atoms. The lowest BCUT2D eigenvalue weighted by atomic mass is 10.1. The molecule has 0 N–H and O–H groups in total. The van der Waals surface area contributed by atoms with Gasteiger partial charge < -0.3 is 28.7 Å². The van der Waals surface area contributed by atoms with Crippen LogP contribution >= 0.6 is 0 Å². The third-order valence-electron chi connectivity index (χ3n) is 10.9. The Labute approximate surface area is 376 Å². The van der Waals surface area contributed by atoms with E-state index < -0.39 is 0 Å². The molecular formula is C58H50N2O4. The highest BCUT2D eigenvalue weighted by atomic mass is 16.5. The fourth-order valence-corrected chi connectivity index (χ4v) is 7.30. The highest BCUT2D eigenvalue weighted by Gasteiger charge is 2.14. The second kappa shape index (κ2) is 20.6. The van der Waals surface area contributed by atoms with Crippen LogP contribution in [0.1, 0.15) is 33.4 Å². The summed E-state index contributed by atoms with van der Waals surface area (Å²) >= 11 is 0. The van der Waals surface area contributed by atoms with Crippen LogP contribution in [0, 0.1) is 0 Å². The summed E-state index contributed by atoms with van der Waals surface area (Å²) in [4.78, 5) is 4.43. The second-order valence-corrected chi connectivity index (χ2v) is 15.0. The summed E-state index contributed by atoms with van der Waals surface area (Å²) in [5, 5.41) is 0. The summed E-state index contributed by atoms with van der Waals surface area (Å²) in [6.45, 7) is 0. The molecule has 316 valence electrons. The number of hydrogen-bond donors (Lipinski definition) is 0. The Balaban J connectivity index is 0.877. The Morgan fingerprint density at radius 2 is 0.359 bits per heavy atom. The molecule has 0 aromatic heterocycles. The van der Waals surface area contributed by atoms with Crippen LogP contribution in [0.15, 0.2) is 194 Å². The first kappa shape index (κ1) is 42.5. The molecule has 0 bridgehead atoms. The van der Waals surface area contributed by atoms with Crippen molar-refractivity contribution in [3.63, 3.8) is 0 Å². The lowest BCUT2D eigenvalue weighted by Crippen LogP contribution is -2.09. The van der Waals surface area contributed by atoms with E-state index in [2.05, 4.69) is 192 Å². The number of hydrogen-bond acceptors (Lipinski definition) is 6. The van der Waals surface area contributed by atoms with Gasteiger partial charge in [0.25, 0.3) is 0 Å². The maximum absolute atomic E-state index is 5.40. The summed E-state index contributed by atoms with van der Waals surface area (Å²) in [6.07, 6.45) is 12.9. The van der Waals surface area contributed by atoms with E-state index >= 15 is 0 Å². The lowest BCUT2D eigenvalue weighted by molar-refractivity contribution is 0.414. The van der Waals surface area contributed by atoms with E-state index in [1.807, 2.05) is 48.5 Å². The minimum atomic E-state index is 0.818. The molecule has 0 saturated carbocycles. The number of benzene rings is 8. The van der Waals surface area contributed by atoms with Gasteiger partial charge in [0.15, 0.2) is 0 Å². The lowest BCUT2D eigenvalue weighted by Gasteiger charge is -2.26. The van der Waals surface area contributed by atoms with E-state index in [1.165, 1.54) is 0 Å². The molecule has 0 saturated heterocycles.